The molecule has 1 atom stereocenters. The van der Waals surface area contributed by atoms with Gasteiger partial charge >= 0.3 is 0 Å². The Morgan fingerprint density at radius 3 is 3.15 bits per heavy atom. The highest BCUT2D eigenvalue weighted by Crippen LogP contribution is 2.26. The van der Waals surface area contributed by atoms with Gasteiger partial charge in [-0.2, -0.15) is 0 Å². The number of nitrogens with one attached hydrogen (secondary N) is 1. The number of carbonyl (C=O) groups excluding carboxylic acids is 1. The van der Waals surface area contributed by atoms with E-state index in [9.17, 15) is 4.79 Å². The number of benzene rings is 1. The van der Waals surface area contributed by atoms with Crippen LogP contribution in [0.5, 0.6) is 0 Å². The number of likely N-dealkylation sites (N-methyl/N-ethyl adjacent to an activating group) is 1. The van der Waals surface area contributed by atoms with Gasteiger partial charge in [-0.05, 0) is 42.3 Å². The van der Waals surface area contributed by atoms with Crippen LogP contribution < -0.4 is 5.32 Å². The molecule has 0 aliphatic carbocycles. The van der Waals surface area contributed by atoms with Crippen molar-refractivity contribution < 1.29 is 4.79 Å². The topological polar surface area (TPSA) is 32.3 Å². The van der Waals surface area contributed by atoms with E-state index in [1.807, 2.05) is 24.1 Å². The Labute approximate surface area is 123 Å². The summed E-state index contributed by atoms with van der Waals surface area (Å²) < 4.78 is 1.27. The molecule has 2 aromatic rings. The number of carbonyl (C=O) groups is 1. The molecule has 20 heavy (non-hydrogen) atoms. The standard InChI is InChI=1S/C16H20N2OS/c1-17-13-5-4-8-18(10-13)16(19)9-12-11-20-15-7-3-2-6-14(12)15/h2-3,6-7,11,13,17H,4-5,8-10H2,1H3. The first-order valence-electron chi connectivity index (χ1n) is 7.18. The Morgan fingerprint density at radius 2 is 2.30 bits per heavy atom. The zero-order valence-electron chi connectivity index (χ0n) is 11.8. The molecule has 1 unspecified atom stereocenters. The molecular formula is C16H20N2OS. The van der Waals surface area contributed by atoms with Crippen molar-refractivity contribution in [2.24, 2.45) is 0 Å². The zero-order valence-corrected chi connectivity index (χ0v) is 12.6. The van der Waals surface area contributed by atoms with E-state index in [1.54, 1.807) is 11.3 Å². The Bertz CT molecular complexity index is 607. The van der Waals surface area contributed by atoms with E-state index in [4.69, 9.17) is 0 Å². The van der Waals surface area contributed by atoms with E-state index in [0.717, 1.165) is 19.5 Å². The second kappa shape index (κ2) is 5.94. The number of rotatable bonds is 3. The van der Waals surface area contributed by atoms with Gasteiger partial charge in [0.15, 0.2) is 0 Å². The normalized spacial score (nSPS) is 19.4. The lowest BCUT2D eigenvalue weighted by Gasteiger charge is -2.32. The highest BCUT2D eigenvalue weighted by Gasteiger charge is 2.23. The highest BCUT2D eigenvalue weighted by molar-refractivity contribution is 7.17. The molecule has 1 amide bonds. The van der Waals surface area contributed by atoms with Gasteiger partial charge in [0.05, 0.1) is 6.42 Å². The van der Waals surface area contributed by atoms with E-state index in [0.29, 0.717) is 12.5 Å². The van der Waals surface area contributed by atoms with Gasteiger partial charge in [-0.15, -0.1) is 11.3 Å². The first-order valence-corrected chi connectivity index (χ1v) is 8.06. The molecule has 1 N–H and O–H groups in total. The van der Waals surface area contributed by atoms with Gasteiger partial charge in [-0.25, -0.2) is 0 Å². The summed E-state index contributed by atoms with van der Waals surface area (Å²) in [5.41, 5.74) is 1.17. The Balaban J connectivity index is 1.72. The molecule has 0 radical (unpaired) electrons. The number of fused-ring (bicyclic) bond motifs is 1. The van der Waals surface area contributed by atoms with Crippen LogP contribution in [0.15, 0.2) is 29.6 Å². The maximum atomic E-state index is 12.5. The van der Waals surface area contributed by atoms with Crippen molar-refractivity contribution in [1.29, 1.82) is 0 Å². The van der Waals surface area contributed by atoms with Crippen molar-refractivity contribution in [3.63, 3.8) is 0 Å². The SMILES string of the molecule is CNC1CCCN(C(=O)Cc2csc3ccccc23)C1. The summed E-state index contributed by atoms with van der Waals surface area (Å²) in [6.07, 6.45) is 2.80. The van der Waals surface area contributed by atoms with Crippen molar-refractivity contribution in [3.8, 4) is 0 Å². The molecule has 0 spiro atoms. The van der Waals surface area contributed by atoms with Gasteiger partial charge in [0.2, 0.25) is 5.91 Å². The molecule has 106 valence electrons. The molecule has 1 aliphatic heterocycles. The second-order valence-corrected chi connectivity index (χ2v) is 6.31. The van der Waals surface area contributed by atoms with E-state index in [2.05, 4.69) is 22.8 Å². The van der Waals surface area contributed by atoms with Crippen molar-refractivity contribution in [1.82, 2.24) is 10.2 Å². The van der Waals surface area contributed by atoms with Crippen LogP contribution in [0.25, 0.3) is 10.1 Å². The van der Waals surface area contributed by atoms with Crippen LogP contribution in [0, 0.1) is 0 Å². The number of piperidine rings is 1. The first kappa shape index (κ1) is 13.6. The van der Waals surface area contributed by atoms with Crippen molar-refractivity contribution >= 4 is 27.3 Å². The number of thiophene rings is 1. The minimum Gasteiger partial charge on any atom is -0.341 e. The largest absolute Gasteiger partial charge is 0.341 e. The third-order valence-electron chi connectivity index (χ3n) is 4.09. The summed E-state index contributed by atoms with van der Waals surface area (Å²) >= 11 is 1.72. The lowest BCUT2D eigenvalue weighted by Crippen LogP contribution is -2.47. The zero-order chi connectivity index (χ0) is 13.9. The fourth-order valence-corrected chi connectivity index (χ4v) is 3.85. The van der Waals surface area contributed by atoms with Crippen molar-refractivity contribution in [3.05, 3.63) is 35.2 Å². The van der Waals surface area contributed by atoms with E-state index >= 15 is 0 Å². The smallest absolute Gasteiger partial charge is 0.227 e. The number of nitrogens with zero attached hydrogens (tertiary/aromatic N) is 1. The average Bonchev–Trinajstić information content (AvgIpc) is 2.90. The minimum atomic E-state index is 0.258. The van der Waals surface area contributed by atoms with Crippen LogP contribution in [-0.4, -0.2) is 37.0 Å². The molecule has 1 saturated heterocycles. The summed E-state index contributed by atoms with van der Waals surface area (Å²) in [6.45, 7) is 1.75. The molecule has 4 heteroatoms. The highest BCUT2D eigenvalue weighted by atomic mass is 32.1. The average molecular weight is 288 g/mol. The van der Waals surface area contributed by atoms with Gasteiger partial charge in [0, 0.05) is 23.8 Å². The molecule has 2 heterocycles. The van der Waals surface area contributed by atoms with Crippen molar-refractivity contribution in [2.45, 2.75) is 25.3 Å². The first-order chi connectivity index (χ1) is 9.78. The number of amides is 1. The fraction of sp³-hybridized carbons (Fsp3) is 0.438. The number of likely N-dealkylation sites (tertiary alicyclic amines) is 1. The molecule has 1 aromatic heterocycles. The molecule has 0 saturated carbocycles. The van der Waals surface area contributed by atoms with Crippen LogP contribution in [0.2, 0.25) is 0 Å². The van der Waals surface area contributed by atoms with E-state index < -0.39 is 0 Å². The van der Waals surface area contributed by atoms with Crippen molar-refractivity contribution in [2.75, 3.05) is 20.1 Å². The molecule has 1 fully saturated rings. The monoisotopic (exact) mass is 288 g/mol. The van der Waals surface area contributed by atoms with Crippen LogP contribution in [0.3, 0.4) is 0 Å². The Hall–Kier alpha value is -1.39. The molecule has 3 nitrogen and oxygen atoms in total. The maximum Gasteiger partial charge on any atom is 0.227 e. The van der Waals surface area contributed by atoms with Crippen LogP contribution >= 0.6 is 11.3 Å². The molecule has 0 bridgehead atoms. The summed E-state index contributed by atoms with van der Waals surface area (Å²) in [5, 5.41) is 6.64. The van der Waals surface area contributed by atoms with Crippen LogP contribution in [-0.2, 0) is 11.2 Å². The van der Waals surface area contributed by atoms with Crippen LogP contribution in [0.1, 0.15) is 18.4 Å². The third kappa shape index (κ3) is 2.72. The second-order valence-electron chi connectivity index (χ2n) is 5.40. The predicted octanol–water partition coefficient (Wildman–Crippen LogP) is 2.65. The van der Waals surface area contributed by atoms with Gasteiger partial charge in [0.1, 0.15) is 0 Å². The van der Waals surface area contributed by atoms with Gasteiger partial charge in [0.25, 0.3) is 0 Å². The van der Waals surface area contributed by atoms with Gasteiger partial charge < -0.3 is 10.2 Å². The van der Waals surface area contributed by atoms with Gasteiger partial charge in [-0.3, -0.25) is 4.79 Å². The van der Waals surface area contributed by atoms with Gasteiger partial charge in [-0.1, -0.05) is 18.2 Å². The lowest BCUT2D eigenvalue weighted by molar-refractivity contribution is -0.131. The Morgan fingerprint density at radius 1 is 1.45 bits per heavy atom. The quantitative estimate of drug-likeness (QED) is 0.941. The molecule has 1 aromatic carbocycles. The molecule has 1 aliphatic rings. The fourth-order valence-electron chi connectivity index (χ4n) is 2.88. The summed E-state index contributed by atoms with van der Waals surface area (Å²) in [6, 6.07) is 8.77. The summed E-state index contributed by atoms with van der Waals surface area (Å²) in [4.78, 5) is 14.5. The third-order valence-corrected chi connectivity index (χ3v) is 5.10. The summed E-state index contributed by atoms with van der Waals surface area (Å²) in [7, 11) is 1.98. The lowest BCUT2D eigenvalue weighted by atomic mass is 10.0. The number of hydrogen-bond acceptors (Lipinski definition) is 3. The molecular weight excluding hydrogens is 268 g/mol. The predicted molar refractivity (Wildman–Crippen MR) is 84.2 cm³/mol. The Kier molecular flexibility index (Phi) is 4.03. The summed E-state index contributed by atoms with van der Waals surface area (Å²) in [5.74, 6) is 0.258. The van der Waals surface area contributed by atoms with E-state index in [1.165, 1.54) is 22.1 Å². The minimum absolute atomic E-state index is 0.258. The maximum absolute atomic E-state index is 12.5. The van der Waals surface area contributed by atoms with Crippen LogP contribution in [0.4, 0.5) is 0 Å². The van der Waals surface area contributed by atoms with E-state index in [-0.39, 0.29) is 5.91 Å². The number of hydrogen-bond donors (Lipinski definition) is 1. The molecule has 3 rings (SSSR count).